The molecule has 0 saturated carbocycles. The first-order valence-electron chi connectivity index (χ1n) is 9.65. The van der Waals surface area contributed by atoms with Crippen molar-refractivity contribution in [2.75, 3.05) is 5.32 Å². The van der Waals surface area contributed by atoms with Gasteiger partial charge in [-0.3, -0.25) is 9.48 Å². The Labute approximate surface area is 199 Å². The van der Waals surface area contributed by atoms with E-state index in [0.29, 0.717) is 38.9 Å². The molecule has 0 aliphatic carbocycles. The molecular formula is C23H18Cl3N3O3. The highest BCUT2D eigenvalue weighted by molar-refractivity contribution is 6.36. The lowest BCUT2D eigenvalue weighted by Crippen LogP contribution is -2.12. The van der Waals surface area contributed by atoms with E-state index in [-0.39, 0.29) is 12.4 Å². The molecule has 164 valence electrons. The molecule has 2 aromatic heterocycles. The summed E-state index contributed by atoms with van der Waals surface area (Å²) in [6.45, 7) is 2.45. The van der Waals surface area contributed by atoms with Crippen molar-refractivity contribution < 1.29 is 13.9 Å². The van der Waals surface area contributed by atoms with Crippen LogP contribution in [-0.4, -0.2) is 15.7 Å². The van der Waals surface area contributed by atoms with Crippen molar-refractivity contribution in [3.05, 3.63) is 98.5 Å². The molecule has 0 radical (unpaired) electrons. The number of nitrogens with zero attached hydrogens (tertiary/aromatic N) is 2. The van der Waals surface area contributed by atoms with Crippen molar-refractivity contribution in [1.82, 2.24) is 9.78 Å². The van der Waals surface area contributed by atoms with Gasteiger partial charge in [-0.25, -0.2) is 0 Å². The molecule has 0 atom stereocenters. The number of carbonyl (C=O) groups is 1. The van der Waals surface area contributed by atoms with Gasteiger partial charge in [0.05, 0.1) is 6.54 Å². The second kappa shape index (κ2) is 9.69. The summed E-state index contributed by atoms with van der Waals surface area (Å²) in [4.78, 5) is 12.6. The maximum absolute atomic E-state index is 12.6. The summed E-state index contributed by atoms with van der Waals surface area (Å²) in [7, 11) is 0. The van der Waals surface area contributed by atoms with E-state index in [1.54, 1.807) is 65.3 Å². The van der Waals surface area contributed by atoms with Crippen LogP contribution < -0.4 is 10.1 Å². The fourth-order valence-electron chi connectivity index (χ4n) is 3.01. The highest BCUT2D eigenvalue weighted by Gasteiger charge is 2.15. The molecule has 1 N–H and O–H groups in total. The van der Waals surface area contributed by atoms with Gasteiger partial charge in [0.25, 0.3) is 5.91 Å². The van der Waals surface area contributed by atoms with Gasteiger partial charge in [-0.15, -0.1) is 0 Å². The van der Waals surface area contributed by atoms with Crippen molar-refractivity contribution in [2.45, 2.75) is 20.1 Å². The SMILES string of the molecule is Cc1cc(NC(=O)c2ccc(COc3ccc(Cl)cc3)o2)nn1Cc1c(Cl)cccc1Cl. The molecule has 4 aromatic rings. The topological polar surface area (TPSA) is 69.3 Å². The number of rotatable bonds is 7. The number of furan rings is 1. The second-order valence-electron chi connectivity index (χ2n) is 6.99. The normalized spacial score (nSPS) is 10.9. The van der Waals surface area contributed by atoms with Crippen LogP contribution in [0.4, 0.5) is 5.82 Å². The summed E-state index contributed by atoms with van der Waals surface area (Å²) in [5, 5.41) is 8.92. The van der Waals surface area contributed by atoms with Gasteiger partial charge in [0, 0.05) is 32.4 Å². The Balaban J connectivity index is 1.39. The highest BCUT2D eigenvalue weighted by atomic mass is 35.5. The number of aryl methyl sites for hydroxylation is 1. The van der Waals surface area contributed by atoms with Crippen molar-refractivity contribution in [3.63, 3.8) is 0 Å². The Bertz CT molecular complexity index is 1230. The Morgan fingerprint density at radius 2 is 1.78 bits per heavy atom. The molecule has 2 heterocycles. The Kier molecular flexibility index (Phi) is 6.74. The van der Waals surface area contributed by atoms with Gasteiger partial charge in [-0.05, 0) is 55.5 Å². The van der Waals surface area contributed by atoms with Crippen LogP contribution in [0.3, 0.4) is 0 Å². The van der Waals surface area contributed by atoms with E-state index >= 15 is 0 Å². The molecule has 0 aliphatic heterocycles. The lowest BCUT2D eigenvalue weighted by atomic mass is 10.2. The molecule has 2 aromatic carbocycles. The second-order valence-corrected chi connectivity index (χ2v) is 8.24. The number of benzene rings is 2. The summed E-state index contributed by atoms with van der Waals surface area (Å²) in [5.41, 5.74) is 1.60. The number of hydrogen-bond acceptors (Lipinski definition) is 4. The van der Waals surface area contributed by atoms with Gasteiger partial charge in [0.1, 0.15) is 18.1 Å². The van der Waals surface area contributed by atoms with Crippen molar-refractivity contribution in [1.29, 1.82) is 0 Å². The zero-order chi connectivity index (χ0) is 22.7. The molecule has 0 spiro atoms. The van der Waals surface area contributed by atoms with Crippen LogP contribution in [0.2, 0.25) is 15.1 Å². The molecule has 4 rings (SSSR count). The molecule has 0 unspecified atom stereocenters. The monoisotopic (exact) mass is 489 g/mol. The van der Waals surface area contributed by atoms with Crippen LogP contribution in [0.15, 0.2) is 65.1 Å². The third-order valence-corrected chi connectivity index (χ3v) is 5.63. The van der Waals surface area contributed by atoms with E-state index in [0.717, 1.165) is 11.3 Å². The van der Waals surface area contributed by atoms with E-state index < -0.39 is 5.91 Å². The van der Waals surface area contributed by atoms with Crippen LogP contribution in [0, 0.1) is 6.92 Å². The first-order valence-corrected chi connectivity index (χ1v) is 10.8. The number of hydrogen-bond donors (Lipinski definition) is 1. The third-order valence-electron chi connectivity index (χ3n) is 4.67. The number of nitrogens with one attached hydrogen (secondary N) is 1. The summed E-state index contributed by atoms with van der Waals surface area (Å²) < 4.78 is 12.9. The fraction of sp³-hybridized carbons (Fsp3) is 0.130. The van der Waals surface area contributed by atoms with Crippen LogP contribution in [0.25, 0.3) is 0 Å². The standard InChI is InChI=1S/C23H18Cl3N3O3/c1-14-11-22(28-29(14)12-18-19(25)3-2-4-20(18)26)27-23(30)21-10-9-17(32-21)13-31-16-7-5-15(24)6-8-16/h2-11H,12-13H2,1H3,(H,27,28,30). The maximum atomic E-state index is 12.6. The minimum atomic E-state index is -0.414. The minimum absolute atomic E-state index is 0.154. The van der Waals surface area contributed by atoms with Crippen molar-refractivity contribution >= 4 is 46.5 Å². The van der Waals surface area contributed by atoms with Crippen LogP contribution >= 0.6 is 34.8 Å². The van der Waals surface area contributed by atoms with Gasteiger partial charge in [-0.1, -0.05) is 40.9 Å². The van der Waals surface area contributed by atoms with Crippen molar-refractivity contribution in [3.8, 4) is 5.75 Å². The number of amides is 1. The lowest BCUT2D eigenvalue weighted by Gasteiger charge is -2.08. The first-order chi connectivity index (χ1) is 15.4. The first kappa shape index (κ1) is 22.3. The average molecular weight is 491 g/mol. The van der Waals surface area contributed by atoms with Crippen LogP contribution in [0.1, 0.15) is 27.6 Å². The van der Waals surface area contributed by atoms with Gasteiger partial charge < -0.3 is 14.5 Å². The molecule has 0 fully saturated rings. The van der Waals surface area contributed by atoms with E-state index in [4.69, 9.17) is 44.0 Å². The Hall–Kier alpha value is -2.93. The molecule has 6 nitrogen and oxygen atoms in total. The van der Waals surface area contributed by atoms with Gasteiger partial charge in [0.15, 0.2) is 11.6 Å². The average Bonchev–Trinajstić information content (AvgIpc) is 3.37. The Morgan fingerprint density at radius 1 is 1.06 bits per heavy atom. The quantitative estimate of drug-likeness (QED) is 0.316. The smallest absolute Gasteiger partial charge is 0.292 e. The number of aromatic nitrogens is 2. The molecule has 0 saturated heterocycles. The van der Waals surface area contributed by atoms with E-state index in [1.165, 1.54) is 0 Å². The van der Waals surface area contributed by atoms with Gasteiger partial charge in [-0.2, -0.15) is 5.10 Å². The van der Waals surface area contributed by atoms with E-state index in [1.807, 2.05) is 6.92 Å². The highest BCUT2D eigenvalue weighted by Crippen LogP contribution is 2.26. The number of anilines is 1. The van der Waals surface area contributed by atoms with Gasteiger partial charge in [0.2, 0.25) is 0 Å². The van der Waals surface area contributed by atoms with Crippen LogP contribution in [-0.2, 0) is 13.2 Å². The summed E-state index contributed by atoms with van der Waals surface area (Å²) in [5.74, 6) is 1.30. The van der Waals surface area contributed by atoms with Crippen molar-refractivity contribution in [2.24, 2.45) is 0 Å². The molecule has 1 amide bonds. The summed E-state index contributed by atoms with van der Waals surface area (Å²) in [6.07, 6.45) is 0. The zero-order valence-electron chi connectivity index (χ0n) is 16.9. The van der Waals surface area contributed by atoms with Crippen LogP contribution in [0.5, 0.6) is 5.75 Å². The molecule has 0 bridgehead atoms. The van der Waals surface area contributed by atoms with E-state index in [2.05, 4.69) is 10.4 Å². The lowest BCUT2D eigenvalue weighted by molar-refractivity contribution is 0.0992. The predicted octanol–water partition coefficient (Wildman–Crippen LogP) is 6.62. The minimum Gasteiger partial charge on any atom is -0.486 e. The number of carbonyl (C=O) groups excluding carboxylic acids is 1. The summed E-state index contributed by atoms with van der Waals surface area (Å²) >= 11 is 18.4. The summed E-state index contributed by atoms with van der Waals surface area (Å²) in [6, 6.07) is 17.4. The molecule has 32 heavy (non-hydrogen) atoms. The molecule has 9 heteroatoms. The van der Waals surface area contributed by atoms with Gasteiger partial charge >= 0.3 is 0 Å². The molecular weight excluding hydrogens is 473 g/mol. The predicted molar refractivity (Wildman–Crippen MR) is 125 cm³/mol. The largest absolute Gasteiger partial charge is 0.486 e. The Morgan fingerprint density at radius 3 is 2.50 bits per heavy atom. The number of ether oxygens (including phenoxy) is 1. The molecule has 0 aliphatic rings. The third kappa shape index (κ3) is 5.27. The fourth-order valence-corrected chi connectivity index (χ4v) is 3.65. The number of halogens is 3. The maximum Gasteiger partial charge on any atom is 0.292 e. The van der Waals surface area contributed by atoms with E-state index in [9.17, 15) is 4.79 Å². The zero-order valence-corrected chi connectivity index (χ0v) is 19.2.